The molecule has 1 amide bonds. The lowest BCUT2D eigenvalue weighted by Crippen LogP contribution is -2.16. The van der Waals surface area contributed by atoms with E-state index >= 15 is 0 Å². The quantitative estimate of drug-likeness (QED) is 0.347. The van der Waals surface area contributed by atoms with Crippen molar-refractivity contribution in [3.8, 4) is 0 Å². The van der Waals surface area contributed by atoms with Crippen molar-refractivity contribution in [1.29, 1.82) is 0 Å². The van der Waals surface area contributed by atoms with Crippen molar-refractivity contribution < 1.29 is 22.8 Å². The monoisotopic (exact) mass is 427 g/mol. The Morgan fingerprint density at radius 1 is 0.938 bits per heavy atom. The molecule has 1 N–H and O–H groups in total. The standard InChI is InChI=1S/C26H18FNO4/c1-15-6-8-16(9-7-15)25(30)26-24(19-4-2-3-5-22(19)32-26)28-23(29)12-17-14-31-21-11-10-18(27)13-20(17)21/h2-11,13-14H,12H2,1H3,(H,28,29). The van der Waals surface area contributed by atoms with E-state index in [-0.39, 0.29) is 23.9 Å². The highest BCUT2D eigenvalue weighted by atomic mass is 19.1. The van der Waals surface area contributed by atoms with Gasteiger partial charge < -0.3 is 14.2 Å². The predicted octanol–water partition coefficient (Wildman–Crippen LogP) is 6.04. The maximum atomic E-state index is 13.6. The molecule has 0 spiro atoms. The molecule has 5 aromatic rings. The zero-order valence-corrected chi connectivity index (χ0v) is 17.1. The van der Waals surface area contributed by atoms with E-state index in [1.165, 1.54) is 24.5 Å². The molecule has 0 saturated carbocycles. The van der Waals surface area contributed by atoms with Crippen LogP contribution in [0.1, 0.15) is 27.2 Å². The molecule has 0 atom stereocenters. The summed E-state index contributed by atoms with van der Waals surface area (Å²) in [6, 6.07) is 18.4. The molecule has 2 heterocycles. The van der Waals surface area contributed by atoms with Crippen molar-refractivity contribution in [3.05, 3.63) is 101 Å². The molecule has 0 aliphatic carbocycles. The molecular formula is C26H18FNO4. The summed E-state index contributed by atoms with van der Waals surface area (Å²) in [5.74, 6) is -1.05. The number of rotatable bonds is 5. The summed E-state index contributed by atoms with van der Waals surface area (Å²) in [5, 5.41) is 3.98. The van der Waals surface area contributed by atoms with Gasteiger partial charge in [-0.2, -0.15) is 0 Å². The molecule has 2 aromatic heterocycles. The van der Waals surface area contributed by atoms with Gasteiger partial charge in [0, 0.05) is 21.9 Å². The molecule has 0 unspecified atom stereocenters. The third-order valence-electron chi connectivity index (χ3n) is 5.35. The van der Waals surface area contributed by atoms with E-state index < -0.39 is 5.82 Å². The van der Waals surface area contributed by atoms with Crippen molar-refractivity contribution in [1.82, 2.24) is 0 Å². The number of nitrogens with one attached hydrogen (secondary N) is 1. The van der Waals surface area contributed by atoms with Crippen LogP contribution in [-0.4, -0.2) is 11.7 Å². The predicted molar refractivity (Wildman–Crippen MR) is 119 cm³/mol. The molecule has 0 saturated heterocycles. The average molecular weight is 427 g/mol. The number of aryl methyl sites for hydroxylation is 1. The van der Waals surface area contributed by atoms with Crippen molar-refractivity contribution in [3.63, 3.8) is 0 Å². The van der Waals surface area contributed by atoms with Crippen LogP contribution in [0, 0.1) is 12.7 Å². The third kappa shape index (κ3) is 3.56. The summed E-state index contributed by atoms with van der Waals surface area (Å²) in [6.45, 7) is 1.94. The SMILES string of the molecule is Cc1ccc(C(=O)c2oc3ccccc3c2NC(=O)Cc2coc3ccc(F)cc23)cc1. The molecule has 0 radical (unpaired) electrons. The van der Waals surface area contributed by atoms with Gasteiger partial charge >= 0.3 is 0 Å². The van der Waals surface area contributed by atoms with Crippen LogP contribution >= 0.6 is 0 Å². The van der Waals surface area contributed by atoms with Gasteiger partial charge in [-0.15, -0.1) is 0 Å². The molecule has 0 fully saturated rings. The number of carbonyl (C=O) groups is 2. The highest BCUT2D eigenvalue weighted by molar-refractivity contribution is 6.17. The highest BCUT2D eigenvalue weighted by Gasteiger charge is 2.24. The number of para-hydroxylation sites is 1. The Morgan fingerprint density at radius 3 is 2.53 bits per heavy atom. The molecule has 3 aromatic carbocycles. The number of furan rings is 2. The fraction of sp³-hybridized carbons (Fsp3) is 0.0769. The Kier molecular flexibility index (Phi) is 4.82. The van der Waals surface area contributed by atoms with Gasteiger partial charge in [0.2, 0.25) is 11.7 Å². The summed E-state index contributed by atoms with van der Waals surface area (Å²) in [7, 11) is 0. The first-order valence-electron chi connectivity index (χ1n) is 10.1. The topological polar surface area (TPSA) is 72.5 Å². The molecule has 0 aliphatic rings. The Balaban J connectivity index is 1.49. The molecule has 0 bridgehead atoms. The molecular weight excluding hydrogens is 409 g/mol. The zero-order chi connectivity index (χ0) is 22.2. The summed E-state index contributed by atoms with van der Waals surface area (Å²) >= 11 is 0. The Morgan fingerprint density at radius 2 is 1.72 bits per heavy atom. The summed E-state index contributed by atoms with van der Waals surface area (Å²) in [6.07, 6.45) is 1.39. The Hall–Kier alpha value is -4.19. The number of ketones is 1. The average Bonchev–Trinajstić information content (AvgIpc) is 3.35. The molecule has 5 rings (SSSR count). The largest absolute Gasteiger partial charge is 0.464 e. The normalized spacial score (nSPS) is 11.2. The van der Waals surface area contributed by atoms with Crippen LogP contribution in [0.5, 0.6) is 0 Å². The number of benzene rings is 3. The van der Waals surface area contributed by atoms with Gasteiger partial charge in [-0.3, -0.25) is 9.59 Å². The van der Waals surface area contributed by atoms with Crippen molar-refractivity contribution in [2.75, 3.05) is 5.32 Å². The van der Waals surface area contributed by atoms with Gasteiger partial charge in [-0.1, -0.05) is 42.0 Å². The van der Waals surface area contributed by atoms with Crippen LogP contribution in [0.2, 0.25) is 0 Å². The first-order valence-corrected chi connectivity index (χ1v) is 10.1. The van der Waals surface area contributed by atoms with Crippen molar-refractivity contribution in [2.45, 2.75) is 13.3 Å². The van der Waals surface area contributed by atoms with Gasteiger partial charge in [-0.25, -0.2) is 4.39 Å². The number of anilines is 1. The third-order valence-corrected chi connectivity index (χ3v) is 5.35. The van der Waals surface area contributed by atoms with Crippen LogP contribution < -0.4 is 5.32 Å². The van der Waals surface area contributed by atoms with Gasteiger partial charge in [0.1, 0.15) is 17.0 Å². The second kappa shape index (κ2) is 7.81. The van der Waals surface area contributed by atoms with Crippen LogP contribution in [0.3, 0.4) is 0 Å². The van der Waals surface area contributed by atoms with E-state index in [2.05, 4.69) is 5.32 Å². The van der Waals surface area contributed by atoms with Crippen LogP contribution in [0.4, 0.5) is 10.1 Å². The lowest BCUT2D eigenvalue weighted by molar-refractivity contribution is -0.115. The lowest BCUT2D eigenvalue weighted by atomic mass is 10.1. The highest BCUT2D eigenvalue weighted by Crippen LogP contribution is 2.33. The van der Waals surface area contributed by atoms with Crippen LogP contribution in [0.15, 0.2) is 81.8 Å². The van der Waals surface area contributed by atoms with E-state index in [0.717, 1.165) is 5.56 Å². The number of hydrogen-bond donors (Lipinski definition) is 1. The van der Waals surface area contributed by atoms with Gasteiger partial charge in [-0.05, 0) is 37.3 Å². The van der Waals surface area contributed by atoms with E-state index in [9.17, 15) is 14.0 Å². The van der Waals surface area contributed by atoms with E-state index in [1.807, 2.05) is 19.1 Å². The minimum atomic E-state index is -0.410. The summed E-state index contributed by atoms with van der Waals surface area (Å²) < 4.78 is 24.9. The molecule has 158 valence electrons. The summed E-state index contributed by atoms with van der Waals surface area (Å²) in [5.41, 5.74) is 3.35. The Labute approximate surface area is 182 Å². The first kappa shape index (κ1) is 19.8. The number of amides is 1. The fourth-order valence-corrected chi connectivity index (χ4v) is 3.71. The number of hydrogen-bond acceptors (Lipinski definition) is 4. The van der Waals surface area contributed by atoms with Crippen molar-refractivity contribution >= 4 is 39.3 Å². The van der Waals surface area contributed by atoms with Gasteiger partial charge in [0.25, 0.3) is 0 Å². The molecule has 6 heteroatoms. The number of halogens is 1. The van der Waals surface area contributed by atoms with E-state index in [0.29, 0.717) is 38.8 Å². The first-order chi connectivity index (χ1) is 15.5. The van der Waals surface area contributed by atoms with Crippen LogP contribution in [-0.2, 0) is 11.2 Å². The second-order valence-corrected chi connectivity index (χ2v) is 7.62. The van der Waals surface area contributed by atoms with E-state index in [1.54, 1.807) is 36.4 Å². The van der Waals surface area contributed by atoms with Crippen LogP contribution in [0.25, 0.3) is 21.9 Å². The maximum Gasteiger partial charge on any atom is 0.230 e. The lowest BCUT2D eigenvalue weighted by Gasteiger charge is -2.06. The smallest absolute Gasteiger partial charge is 0.230 e. The minimum Gasteiger partial charge on any atom is -0.464 e. The zero-order valence-electron chi connectivity index (χ0n) is 17.1. The van der Waals surface area contributed by atoms with Gasteiger partial charge in [0.15, 0.2) is 5.76 Å². The molecule has 32 heavy (non-hydrogen) atoms. The minimum absolute atomic E-state index is 0.0475. The Bertz CT molecular complexity index is 1480. The van der Waals surface area contributed by atoms with E-state index in [4.69, 9.17) is 8.83 Å². The number of carbonyl (C=O) groups excluding carboxylic acids is 2. The van der Waals surface area contributed by atoms with Crippen molar-refractivity contribution in [2.24, 2.45) is 0 Å². The molecule has 5 nitrogen and oxygen atoms in total. The van der Waals surface area contributed by atoms with Gasteiger partial charge in [0.05, 0.1) is 18.4 Å². The fourth-order valence-electron chi connectivity index (χ4n) is 3.71. The number of fused-ring (bicyclic) bond motifs is 2. The maximum absolute atomic E-state index is 13.6. The summed E-state index contributed by atoms with van der Waals surface area (Å²) in [4.78, 5) is 26.1. The second-order valence-electron chi connectivity index (χ2n) is 7.62. The molecule has 0 aliphatic heterocycles.